The van der Waals surface area contributed by atoms with Crippen molar-refractivity contribution in [2.45, 2.75) is 0 Å². The fourth-order valence-corrected chi connectivity index (χ4v) is 12.8. The van der Waals surface area contributed by atoms with E-state index in [2.05, 4.69) is 100 Å². The van der Waals surface area contributed by atoms with Crippen molar-refractivity contribution >= 4 is 43.6 Å². The van der Waals surface area contributed by atoms with Crippen LogP contribution in [0.5, 0.6) is 0 Å². The first kappa shape index (κ1) is 53.4. The zero-order valence-corrected chi connectivity index (χ0v) is 47.9. The third-order valence-electron chi connectivity index (χ3n) is 16.8. The third-order valence-corrected chi connectivity index (χ3v) is 16.8. The number of benzene rings is 12. The Morgan fingerprint density at radius 2 is 0.522 bits per heavy atom. The second-order valence-electron chi connectivity index (χ2n) is 21.8. The van der Waals surface area contributed by atoms with Crippen molar-refractivity contribution in [2.75, 3.05) is 0 Å². The lowest BCUT2D eigenvalue weighted by molar-refractivity contribution is 1.07. The van der Waals surface area contributed by atoms with Gasteiger partial charge in [-0.2, -0.15) is 26.3 Å². The zero-order chi connectivity index (χ0) is 60.8. The summed E-state index contributed by atoms with van der Waals surface area (Å²) >= 11 is 0. The molecule has 0 aliphatic heterocycles. The highest BCUT2D eigenvalue weighted by atomic mass is 15.0. The molecule has 0 saturated carbocycles. The van der Waals surface area contributed by atoms with Crippen molar-refractivity contribution in [1.29, 1.82) is 26.3 Å². The van der Waals surface area contributed by atoms with Gasteiger partial charge in [0.2, 0.25) is 0 Å². The topological polar surface area (TPSA) is 167 Å². The molecule has 15 rings (SSSR count). The van der Waals surface area contributed by atoms with E-state index in [0.717, 1.165) is 99.2 Å². The van der Waals surface area contributed by atoms with Gasteiger partial charge in [-0.05, 0) is 136 Å². The minimum Gasteiger partial charge on any atom is -0.309 e. The molecular weight excluding hydrogens is 1100 g/mol. The summed E-state index contributed by atoms with van der Waals surface area (Å²) in [5.41, 5.74) is 17.3. The van der Waals surface area contributed by atoms with Gasteiger partial charge in [-0.1, -0.05) is 176 Å². The van der Waals surface area contributed by atoms with Crippen LogP contribution >= 0.6 is 0 Å². The molecule has 15 aromatic rings. The van der Waals surface area contributed by atoms with E-state index in [1.807, 2.05) is 206 Å². The summed E-state index contributed by atoms with van der Waals surface area (Å²) in [5.74, 6) is 1.29. The van der Waals surface area contributed by atoms with Crippen molar-refractivity contribution in [3.63, 3.8) is 0 Å². The number of hydrogen-bond donors (Lipinski definition) is 0. The van der Waals surface area contributed by atoms with Gasteiger partial charge in [0.1, 0.15) is 0 Å². The fraction of sp³-hybridized carbons (Fsp3) is 0. The molecule has 10 nitrogen and oxygen atoms in total. The van der Waals surface area contributed by atoms with Crippen LogP contribution in [0.2, 0.25) is 0 Å². The minimum atomic E-state index is 0.369. The first-order valence-electron chi connectivity index (χ1n) is 29.1. The number of rotatable bonds is 10. The molecule has 0 fully saturated rings. The Morgan fingerprint density at radius 3 is 0.878 bits per heavy atom. The lowest BCUT2D eigenvalue weighted by Crippen LogP contribution is -2.07. The molecule has 0 atom stereocenters. The Balaban J connectivity index is 1.08. The Kier molecular flexibility index (Phi) is 13.2. The molecule has 414 valence electrons. The lowest BCUT2D eigenvalue weighted by atomic mass is 9.91. The van der Waals surface area contributed by atoms with Crippen molar-refractivity contribution in [2.24, 2.45) is 0 Å². The van der Waals surface area contributed by atoms with Crippen LogP contribution in [0.1, 0.15) is 27.8 Å². The molecule has 0 spiro atoms. The van der Waals surface area contributed by atoms with Gasteiger partial charge in [-0.3, -0.25) is 0 Å². The fourth-order valence-electron chi connectivity index (χ4n) is 12.8. The van der Waals surface area contributed by atoms with Crippen LogP contribution in [0.25, 0.3) is 145 Å². The van der Waals surface area contributed by atoms with E-state index in [-0.39, 0.29) is 0 Å². The largest absolute Gasteiger partial charge is 0.309 e. The Labute approximate surface area is 517 Å². The third kappa shape index (κ3) is 8.97. The molecule has 0 saturated heterocycles. The monoisotopic (exact) mass is 1140 g/mol. The summed E-state index contributed by atoms with van der Waals surface area (Å²) < 4.78 is 4.45. The smallest absolute Gasteiger partial charge is 0.164 e. The maximum absolute atomic E-state index is 11.8. The van der Waals surface area contributed by atoms with Gasteiger partial charge >= 0.3 is 0 Å². The standard InChI is InChI=1S/C80H44N10/c81-45-56-21-7-11-26-61(56)52-33-37-70-66(41-52)67-42-53(62-27-12-8-22-57(62)46-82)34-38-71(67)89(70)74-31-15-25-60(49-85)76(74)77-65(80-87-78(50-17-3-1-4-18-50)86-79(88-80)51-19-5-2-6-20-51)30-16-32-75(77)90-72-39-35-54(63-28-13-9-23-58(63)47-83)43-68(72)69-44-55(36-40-73(69)90)64-29-14-10-24-59(64)48-84/h1-44H. The molecule has 0 bridgehead atoms. The van der Waals surface area contributed by atoms with Crippen molar-refractivity contribution in [3.05, 3.63) is 295 Å². The molecule has 0 amide bonds. The number of nitriles is 5. The van der Waals surface area contributed by atoms with Crippen LogP contribution in [0.4, 0.5) is 0 Å². The zero-order valence-electron chi connectivity index (χ0n) is 47.9. The number of fused-ring (bicyclic) bond motifs is 6. The van der Waals surface area contributed by atoms with Crippen LogP contribution in [0.3, 0.4) is 0 Å². The van der Waals surface area contributed by atoms with Crippen LogP contribution in [-0.2, 0) is 0 Å². The van der Waals surface area contributed by atoms with Gasteiger partial charge in [0, 0.05) is 49.4 Å². The van der Waals surface area contributed by atoms with Gasteiger partial charge in [-0.25, -0.2) is 15.0 Å². The number of nitrogens with zero attached hydrogens (tertiary/aromatic N) is 10. The first-order chi connectivity index (χ1) is 44.4. The lowest BCUT2D eigenvalue weighted by Gasteiger charge is -2.22. The average Bonchev–Trinajstić information content (AvgIpc) is 1.53. The van der Waals surface area contributed by atoms with Crippen molar-refractivity contribution in [1.82, 2.24) is 24.1 Å². The molecule has 0 aliphatic rings. The predicted octanol–water partition coefficient (Wildman–Crippen LogP) is 18.8. The molecule has 0 unspecified atom stereocenters. The second-order valence-corrected chi connectivity index (χ2v) is 21.8. The Hall–Kier alpha value is -13.3. The second kappa shape index (κ2) is 22.3. The van der Waals surface area contributed by atoms with E-state index in [9.17, 15) is 26.3 Å². The van der Waals surface area contributed by atoms with Crippen LogP contribution in [-0.4, -0.2) is 24.1 Å². The molecule has 0 radical (unpaired) electrons. The van der Waals surface area contributed by atoms with E-state index in [0.29, 0.717) is 73.4 Å². The molecule has 0 N–H and O–H groups in total. The van der Waals surface area contributed by atoms with Gasteiger partial charge < -0.3 is 9.13 Å². The highest BCUT2D eigenvalue weighted by Gasteiger charge is 2.28. The highest BCUT2D eigenvalue weighted by Crippen LogP contribution is 2.48. The summed E-state index contributed by atoms with van der Waals surface area (Å²) in [7, 11) is 0. The summed E-state index contributed by atoms with van der Waals surface area (Å²) in [5, 5.41) is 57.0. The van der Waals surface area contributed by atoms with E-state index < -0.39 is 0 Å². The van der Waals surface area contributed by atoms with Crippen molar-refractivity contribution < 1.29 is 0 Å². The molecule has 3 heterocycles. The maximum Gasteiger partial charge on any atom is 0.164 e. The van der Waals surface area contributed by atoms with Gasteiger partial charge in [-0.15, -0.1) is 0 Å². The van der Waals surface area contributed by atoms with Crippen LogP contribution in [0, 0.1) is 56.7 Å². The van der Waals surface area contributed by atoms with Gasteiger partial charge in [0.25, 0.3) is 0 Å². The van der Waals surface area contributed by atoms with Crippen molar-refractivity contribution in [3.8, 4) is 132 Å². The van der Waals surface area contributed by atoms with Gasteiger partial charge in [0.15, 0.2) is 17.5 Å². The Bertz CT molecular complexity index is 5400. The SMILES string of the molecule is N#Cc1ccccc1-c1ccc2c(c1)c1cc(-c3ccccc3C#N)ccc1n2-c1cccc(C#N)c1-c1c(-c2nc(-c3ccccc3)nc(-c3ccccc3)n2)cccc1-n1c2ccc(-c3ccccc3C#N)cc2c2cc(-c3ccccc3C#N)ccc21. The van der Waals surface area contributed by atoms with Crippen LogP contribution in [0.15, 0.2) is 267 Å². The highest BCUT2D eigenvalue weighted by molar-refractivity contribution is 6.15. The molecule has 0 aliphatic carbocycles. The van der Waals surface area contributed by atoms with E-state index in [1.54, 1.807) is 0 Å². The van der Waals surface area contributed by atoms with Crippen LogP contribution < -0.4 is 0 Å². The maximum atomic E-state index is 11.8. The Morgan fingerprint density at radius 1 is 0.233 bits per heavy atom. The minimum absolute atomic E-state index is 0.369. The first-order valence-corrected chi connectivity index (χ1v) is 29.1. The summed E-state index contributed by atoms with van der Waals surface area (Å²) in [6.07, 6.45) is 0. The quantitative estimate of drug-likeness (QED) is 0.130. The average molecular weight is 1150 g/mol. The number of hydrogen-bond acceptors (Lipinski definition) is 8. The van der Waals surface area contributed by atoms with Gasteiger partial charge in [0.05, 0.1) is 91.6 Å². The summed E-state index contributed by atoms with van der Waals surface area (Å²) in [4.78, 5) is 15.9. The molecule has 90 heavy (non-hydrogen) atoms. The predicted molar refractivity (Wildman–Crippen MR) is 356 cm³/mol. The van der Waals surface area contributed by atoms with E-state index in [4.69, 9.17) is 15.0 Å². The number of aromatic nitrogens is 5. The molecule has 3 aromatic heterocycles. The summed E-state index contributed by atoms with van der Waals surface area (Å²) in [6, 6.07) is 99.3. The molecule has 12 aromatic carbocycles. The normalized spacial score (nSPS) is 11.1. The summed E-state index contributed by atoms with van der Waals surface area (Å²) in [6.45, 7) is 0. The van der Waals surface area contributed by atoms with E-state index >= 15 is 0 Å². The van der Waals surface area contributed by atoms with E-state index in [1.165, 1.54) is 0 Å². The molecular formula is C80H44N10. The molecule has 10 heteroatoms.